The zero-order valence-corrected chi connectivity index (χ0v) is 17.7. The van der Waals surface area contributed by atoms with Gasteiger partial charge in [0, 0.05) is 18.7 Å². The molecular weight excluding hydrogens is 376 g/mol. The summed E-state index contributed by atoms with van der Waals surface area (Å²) in [4.78, 5) is 19.3. The van der Waals surface area contributed by atoms with Crippen LogP contribution < -0.4 is 9.64 Å². The van der Waals surface area contributed by atoms with Crippen LogP contribution in [0.2, 0.25) is 0 Å². The van der Waals surface area contributed by atoms with Crippen LogP contribution in [0.15, 0.2) is 12.1 Å². The van der Waals surface area contributed by atoms with Crippen LogP contribution in [0.3, 0.4) is 0 Å². The van der Waals surface area contributed by atoms with Crippen molar-refractivity contribution in [2.75, 3.05) is 25.1 Å². The van der Waals surface area contributed by atoms with Crippen molar-refractivity contribution >= 4 is 22.8 Å². The predicted molar refractivity (Wildman–Crippen MR) is 113 cm³/mol. The van der Waals surface area contributed by atoms with E-state index in [1.165, 1.54) is 18.4 Å². The molecule has 1 heterocycles. The molecular formula is C21H30N2O4S. The lowest BCUT2D eigenvalue weighted by molar-refractivity contribution is 0.112. The van der Waals surface area contributed by atoms with Crippen LogP contribution in [-0.2, 0) is 13.2 Å². The monoisotopic (exact) mass is 406 g/mol. The van der Waals surface area contributed by atoms with Crippen molar-refractivity contribution in [1.29, 1.82) is 0 Å². The number of aromatic nitrogens is 1. The second kappa shape index (κ2) is 11.1. The Morgan fingerprint density at radius 3 is 2.32 bits per heavy atom. The second-order valence-electron chi connectivity index (χ2n) is 6.67. The average Bonchev–Trinajstić information content (AvgIpc) is 3.16. The van der Waals surface area contributed by atoms with Crippen LogP contribution in [-0.4, -0.2) is 41.7 Å². The fourth-order valence-corrected chi connectivity index (χ4v) is 4.04. The molecule has 2 aromatic rings. The molecule has 1 aromatic heterocycles. The highest BCUT2D eigenvalue weighted by atomic mass is 32.1. The van der Waals surface area contributed by atoms with E-state index >= 15 is 0 Å². The van der Waals surface area contributed by atoms with Gasteiger partial charge in [-0.25, -0.2) is 4.98 Å². The number of anilines is 1. The van der Waals surface area contributed by atoms with Gasteiger partial charge in [-0.3, -0.25) is 4.79 Å². The Labute approximate surface area is 170 Å². The first-order valence-corrected chi connectivity index (χ1v) is 10.6. The van der Waals surface area contributed by atoms with Crippen molar-refractivity contribution in [2.24, 2.45) is 0 Å². The minimum Gasteiger partial charge on any atom is -0.496 e. The lowest BCUT2D eigenvalue weighted by Gasteiger charge is -2.21. The summed E-state index contributed by atoms with van der Waals surface area (Å²) in [7, 11) is 1.53. The quantitative estimate of drug-likeness (QED) is 0.518. The maximum Gasteiger partial charge on any atom is 0.186 e. The van der Waals surface area contributed by atoms with Gasteiger partial charge < -0.3 is 19.8 Å². The molecule has 0 amide bonds. The number of ether oxygens (including phenoxy) is 1. The number of nitrogens with zero attached hydrogens (tertiary/aromatic N) is 2. The third kappa shape index (κ3) is 5.10. The molecule has 0 aliphatic rings. The third-order valence-electron chi connectivity index (χ3n) is 4.64. The van der Waals surface area contributed by atoms with Gasteiger partial charge in [0.2, 0.25) is 0 Å². The number of hydrogen-bond acceptors (Lipinski definition) is 7. The summed E-state index contributed by atoms with van der Waals surface area (Å²) in [6.07, 6.45) is 5.12. The van der Waals surface area contributed by atoms with Crippen molar-refractivity contribution in [3.63, 3.8) is 0 Å². The molecule has 0 saturated heterocycles. The van der Waals surface area contributed by atoms with Gasteiger partial charge in [0.25, 0.3) is 0 Å². The Balaban J connectivity index is 2.56. The van der Waals surface area contributed by atoms with E-state index in [0.717, 1.165) is 50.2 Å². The first-order chi connectivity index (χ1) is 13.6. The van der Waals surface area contributed by atoms with Crippen LogP contribution >= 0.6 is 11.3 Å². The van der Waals surface area contributed by atoms with Crippen molar-refractivity contribution in [3.05, 3.63) is 28.1 Å². The first kappa shape index (κ1) is 22.3. The van der Waals surface area contributed by atoms with E-state index in [1.54, 1.807) is 12.1 Å². The van der Waals surface area contributed by atoms with Crippen LogP contribution in [0, 0.1) is 0 Å². The summed E-state index contributed by atoms with van der Waals surface area (Å²) in [5.74, 6) is 0.490. The fraction of sp³-hybridized carbons (Fsp3) is 0.524. The Morgan fingerprint density at radius 1 is 1.14 bits per heavy atom. The molecule has 154 valence electrons. The molecule has 1 aromatic carbocycles. The van der Waals surface area contributed by atoms with E-state index in [1.807, 2.05) is 0 Å². The Kier molecular flexibility index (Phi) is 8.89. The largest absolute Gasteiger partial charge is 0.496 e. The summed E-state index contributed by atoms with van der Waals surface area (Å²) in [6, 6.07) is 3.44. The average molecular weight is 407 g/mol. The van der Waals surface area contributed by atoms with Gasteiger partial charge in [-0.15, -0.1) is 0 Å². The molecule has 0 fully saturated rings. The molecule has 0 aliphatic carbocycles. The SMILES string of the molecule is CCCCN(CCCC)c1nc(-c2c(CO)cc(CO)cc2OC)c(C=O)s1. The molecule has 0 radical (unpaired) electrons. The molecule has 6 nitrogen and oxygen atoms in total. The Bertz CT molecular complexity index is 743. The number of carbonyl (C=O) groups is 1. The first-order valence-electron chi connectivity index (χ1n) is 9.76. The van der Waals surface area contributed by atoms with E-state index in [4.69, 9.17) is 9.72 Å². The van der Waals surface area contributed by atoms with Gasteiger partial charge >= 0.3 is 0 Å². The standard InChI is InChI=1S/C21H30N2O4S/c1-4-6-8-23(9-7-5-2)21-22-20(18(14-26)28-21)19-16(13-25)10-15(12-24)11-17(19)27-3/h10-11,14,24-25H,4-9,12-13H2,1-3H3. The zero-order chi connectivity index (χ0) is 20.5. The zero-order valence-electron chi connectivity index (χ0n) is 16.9. The minimum absolute atomic E-state index is 0.158. The van der Waals surface area contributed by atoms with E-state index in [9.17, 15) is 15.0 Å². The maximum atomic E-state index is 11.8. The molecule has 2 rings (SSSR count). The van der Waals surface area contributed by atoms with Gasteiger partial charge in [0.05, 0.1) is 30.9 Å². The maximum absolute atomic E-state index is 11.8. The minimum atomic E-state index is -0.236. The molecule has 7 heteroatoms. The summed E-state index contributed by atoms with van der Waals surface area (Å²) in [5.41, 5.74) is 2.36. The molecule has 0 atom stereocenters. The number of aldehydes is 1. The number of rotatable bonds is 12. The van der Waals surface area contributed by atoms with Crippen molar-refractivity contribution < 1.29 is 19.7 Å². The third-order valence-corrected chi connectivity index (χ3v) is 5.68. The summed E-state index contributed by atoms with van der Waals surface area (Å²) in [6.45, 7) is 5.71. The molecule has 0 spiro atoms. The van der Waals surface area contributed by atoms with Gasteiger partial charge in [0.1, 0.15) is 5.75 Å². The van der Waals surface area contributed by atoms with Crippen LogP contribution in [0.25, 0.3) is 11.3 Å². The highest BCUT2D eigenvalue weighted by Gasteiger charge is 2.22. The van der Waals surface area contributed by atoms with Gasteiger partial charge in [-0.1, -0.05) is 44.1 Å². The summed E-state index contributed by atoms with van der Waals surface area (Å²) >= 11 is 1.37. The predicted octanol–water partition coefficient (Wildman–Crippen LogP) is 4.02. The van der Waals surface area contributed by atoms with Crippen LogP contribution in [0.5, 0.6) is 5.75 Å². The van der Waals surface area contributed by atoms with Gasteiger partial charge in [-0.2, -0.15) is 0 Å². The number of benzene rings is 1. The normalized spacial score (nSPS) is 10.9. The van der Waals surface area contributed by atoms with E-state index in [-0.39, 0.29) is 13.2 Å². The van der Waals surface area contributed by atoms with Crippen molar-refractivity contribution in [1.82, 2.24) is 4.98 Å². The topological polar surface area (TPSA) is 82.9 Å². The lowest BCUT2D eigenvalue weighted by Crippen LogP contribution is -2.25. The van der Waals surface area contributed by atoms with Crippen LogP contribution in [0.4, 0.5) is 5.13 Å². The molecule has 0 saturated carbocycles. The highest BCUT2D eigenvalue weighted by Crippen LogP contribution is 2.40. The van der Waals surface area contributed by atoms with Crippen molar-refractivity contribution in [2.45, 2.75) is 52.7 Å². The lowest BCUT2D eigenvalue weighted by atomic mass is 10.00. The second-order valence-corrected chi connectivity index (χ2v) is 7.68. The van der Waals surface area contributed by atoms with E-state index in [0.29, 0.717) is 33.0 Å². The number of aliphatic hydroxyl groups excluding tert-OH is 2. The molecule has 0 aliphatic heterocycles. The molecule has 0 bridgehead atoms. The molecule has 0 unspecified atom stereocenters. The number of carbonyl (C=O) groups excluding carboxylic acids is 1. The summed E-state index contributed by atoms with van der Waals surface area (Å²) < 4.78 is 5.50. The smallest absolute Gasteiger partial charge is 0.186 e. The van der Waals surface area contributed by atoms with E-state index in [2.05, 4.69) is 18.7 Å². The number of unbranched alkanes of at least 4 members (excludes halogenated alkanes) is 2. The molecule has 28 heavy (non-hydrogen) atoms. The van der Waals surface area contributed by atoms with E-state index < -0.39 is 0 Å². The Morgan fingerprint density at radius 2 is 1.82 bits per heavy atom. The Hall–Kier alpha value is -1.96. The number of aliphatic hydroxyl groups is 2. The fourth-order valence-electron chi connectivity index (χ4n) is 3.10. The molecule has 2 N–H and O–H groups in total. The summed E-state index contributed by atoms with van der Waals surface area (Å²) in [5, 5.41) is 20.2. The van der Waals surface area contributed by atoms with Gasteiger partial charge in [-0.05, 0) is 30.0 Å². The van der Waals surface area contributed by atoms with Crippen molar-refractivity contribution in [3.8, 4) is 17.0 Å². The highest BCUT2D eigenvalue weighted by molar-refractivity contribution is 7.17. The number of hydrogen-bond donors (Lipinski definition) is 2. The number of thiazole rings is 1. The van der Waals surface area contributed by atoms with Crippen LogP contribution in [0.1, 0.15) is 60.3 Å². The number of methoxy groups -OCH3 is 1. The van der Waals surface area contributed by atoms with Gasteiger partial charge in [0.15, 0.2) is 11.4 Å².